The van der Waals surface area contributed by atoms with Crippen LogP contribution in [0.4, 0.5) is 8.78 Å². The molecule has 0 fully saturated rings. The van der Waals surface area contributed by atoms with Crippen LogP contribution in [0.3, 0.4) is 0 Å². The van der Waals surface area contributed by atoms with Crippen molar-refractivity contribution in [2.45, 2.75) is 38.8 Å². The third kappa shape index (κ3) is 4.32. The zero-order valence-electron chi connectivity index (χ0n) is 13.7. The third-order valence-electron chi connectivity index (χ3n) is 3.40. The summed E-state index contributed by atoms with van der Waals surface area (Å²) in [5, 5.41) is 12.0. The van der Waals surface area contributed by atoms with Crippen LogP contribution < -0.4 is 5.32 Å². The predicted molar refractivity (Wildman–Crippen MR) is 84.3 cm³/mol. The first-order valence-electron chi connectivity index (χ1n) is 7.41. The second-order valence-corrected chi connectivity index (χ2v) is 6.48. The van der Waals surface area contributed by atoms with E-state index in [-0.39, 0.29) is 17.5 Å². The first-order valence-corrected chi connectivity index (χ1v) is 7.41. The largest absolute Gasteiger partial charge is 0.480 e. The molecule has 2 rings (SSSR count). The monoisotopic (exact) mass is 335 g/mol. The van der Waals surface area contributed by atoms with Gasteiger partial charge in [-0.05, 0) is 18.2 Å². The Hall–Kier alpha value is -2.41. The Labute approximate surface area is 138 Å². The van der Waals surface area contributed by atoms with Gasteiger partial charge >= 0.3 is 5.97 Å². The average Bonchev–Trinajstić information content (AvgIpc) is 2.50. The minimum Gasteiger partial charge on any atom is -0.480 e. The lowest BCUT2D eigenvalue weighted by atomic mass is 9.96. The highest BCUT2D eigenvalue weighted by molar-refractivity contribution is 5.75. The molecule has 0 radical (unpaired) electrons. The maximum Gasteiger partial charge on any atom is 0.325 e. The molecular weight excluding hydrogens is 316 g/mol. The normalized spacial score (nSPS) is 12.9. The molecule has 1 aromatic carbocycles. The molecule has 0 amide bonds. The Bertz CT molecular complexity index is 728. The summed E-state index contributed by atoms with van der Waals surface area (Å²) in [5.41, 5.74) is 0.195. The van der Waals surface area contributed by atoms with Crippen molar-refractivity contribution in [1.82, 2.24) is 15.3 Å². The van der Waals surface area contributed by atoms with Crippen LogP contribution in [0.15, 0.2) is 30.6 Å². The average molecular weight is 335 g/mol. The van der Waals surface area contributed by atoms with Gasteiger partial charge < -0.3 is 5.11 Å². The summed E-state index contributed by atoms with van der Waals surface area (Å²) in [4.78, 5) is 19.9. The number of aliphatic carboxylic acids is 1. The Balaban J connectivity index is 2.15. The summed E-state index contributed by atoms with van der Waals surface area (Å²) in [6, 6.07) is 1.35. The number of rotatable bonds is 5. The van der Waals surface area contributed by atoms with Gasteiger partial charge in [-0.1, -0.05) is 20.8 Å². The van der Waals surface area contributed by atoms with Crippen molar-refractivity contribution in [1.29, 1.82) is 0 Å². The first-order chi connectivity index (χ1) is 11.2. The summed E-state index contributed by atoms with van der Waals surface area (Å²) in [6.07, 6.45) is 3.17. The summed E-state index contributed by atoms with van der Waals surface area (Å²) in [5.74, 6) is -2.11. The fourth-order valence-corrected chi connectivity index (χ4v) is 2.12. The molecule has 0 saturated heterocycles. The van der Waals surface area contributed by atoms with Gasteiger partial charge in [-0.3, -0.25) is 10.1 Å². The maximum absolute atomic E-state index is 13.8. The van der Waals surface area contributed by atoms with E-state index in [1.165, 1.54) is 0 Å². The quantitative estimate of drug-likeness (QED) is 0.879. The van der Waals surface area contributed by atoms with Gasteiger partial charge in [0, 0.05) is 35.5 Å². The molecule has 5 nitrogen and oxygen atoms in total. The van der Waals surface area contributed by atoms with Crippen LogP contribution in [0.25, 0.3) is 0 Å². The minimum absolute atomic E-state index is 0.108. The van der Waals surface area contributed by atoms with Gasteiger partial charge in [0.1, 0.15) is 23.5 Å². The number of nitrogens with one attached hydrogen (secondary N) is 1. The van der Waals surface area contributed by atoms with E-state index < -0.39 is 23.6 Å². The van der Waals surface area contributed by atoms with E-state index in [0.717, 1.165) is 18.2 Å². The van der Waals surface area contributed by atoms with Crippen LogP contribution in [0.1, 0.15) is 43.8 Å². The number of hydrogen-bond donors (Lipinski definition) is 2. The lowest BCUT2D eigenvalue weighted by molar-refractivity contribution is -0.139. The number of nitrogens with zero attached hydrogens (tertiary/aromatic N) is 2. The Morgan fingerprint density at radius 3 is 2.42 bits per heavy atom. The van der Waals surface area contributed by atoms with Crippen molar-refractivity contribution < 1.29 is 18.7 Å². The molecule has 0 spiro atoms. The van der Waals surface area contributed by atoms with Crippen molar-refractivity contribution in [2.24, 2.45) is 0 Å². The molecule has 0 saturated carbocycles. The Morgan fingerprint density at radius 1 is 1.25 bits per heavy atom. The van der Waals surface area contributed by atoms with Crippen LogP contribution >= 0.6 is 0 Å². The van der Waals surface area contributed by atoms with Gasteiger partial charge in [0.25, 0.3) is 0 Å². The van der Waals surface area contributed by atoms with E-state index in [9.17, 15) is 18.7 Å². The number of carboxylic acids is 1. The predicted octanol–water partition coefficient (Wildman–Crippen LogP) is 2.97. The van der Waals surface area contributed by atoms with Gasteiger partial charge in [-0.15, -0.1) is 0 Å². The van der Waals surface area contributed by atoms with Crippen LogP contribution in [0.2, 0.25) is 0 Å². The molecule has 1 heterocycles. The summed E-state index contributed by atoms with van der Waals surface area (Å²) in [6.45, 7) is 6.05. The summed E-state index contributed by atoms with van der Waals surface area (Å²) in [7, 11) is 0. The fraction of sp³-hybridized carbons (Fsp3) is 0.353. The van der Waals surface area contributed by atoms with Gasteiger partial charge in [-0.25, -0.2) is 18.7 Å². The highest BCUT2D eigenvalue weighted by atomic mass is 19.1. The molecular formula is C17H19F2N3O2. The summed E-state index contributed by atoms with van der Waals surface area (Å²) < 4.78 is 27.1. The molecule has 128 valence electrons. The van der Waals surface area contributed by atoms with Crippen LogP contribution in [-0.4, -0.2) is 21.0 Å². The fourth-order valence-electron chi connectivity index (χ4n) is 2.12. The van der Waals surface area contributed by atoms with Crippen LogP contribution in [0, 0.1) is 11.6 Å². The molecule has 0 aliphatic rings. The Kier molecular flexibility index (Phi) is 5.23. The van der Waals surface area contributed by atoms with Crippen molar-refractivity contribution in [3.8, 4) is 0 Å². The highest BCUT2D eigenvalue weighted by Crippen LogP contribution is 2.20. The Morgan fingerprint density at radius 2 is 1.88 bits per heavy atom. The number of carboxylic acid groups (broad SMARTS) is 1. The second-order valence-electron chi connectivity index (χ2n) is 6.48. The van der Waals surface area contributed by atoms with E-state index >= 15 is 0 Å². The van der Waals surface area contributed by atoms with Crippen molar-refractivity contribution in [3.05, 3.63) is 59.2 Å². The van der Waals surface area contributed by atoms with E-state index in [0.29, 0.717) is 11.4 Å². The van der Waals surface area contributed by atoms with E-state index in [1.807, 2.05) is 20.8 Å². The van der Waals surface area contributed by atoms with E-state index in [4.69, 9.17) is 0 Å². The molecule has 0 aliphatic carbocycles. The molecule has 0 aliphatic heterocycles. The van der Waals surface area contributed by atoms with Crippen molar-refractivity contribution in [2.75, 3.05) is 0 Å². The summed E-state index contributed by atoms with van der Waals surface area (Å²) >= 11 is 0. The van der Waals surface area contributed by atoms with Crippen molar-refractivity contribution >= 4 is 5.97 Å². The number of benzene rings is 1. The van der Waals surface area contributed by atoms with Gasteiger partial charge in [0.2, 0.25) is 0 Å². The van der Waals surface area contributed by atoms with Gasteiger partial charge in [0.05, 0.1) is 0 Å². The molecule has 1 atom stereocenters. The lowest BCUT2D eigenvalue weighted by Gasteiger charge is -2.17. The van der Waals surface area contributed by atoms with Crippen LogP contribution in [-0.2, 0) is 16.8 Å². The van der Waals surface area contributed by atoms with Crippen molar-refractivity contribution in [3.63, 3.8) is 0 Å². The molecule has 2 N–H and O–H groups in total. The van der Waals surface area contributed by atoms with Gasteiger partial charge in [-0.2, -0.15) is 0 Å². The van der Waals surface area contributed by atoms with Gasteiger partial charge in [0.15, 0.2) is 0 Å². The van der Waals surface area contributed by atoms with E-state index in [1.54, 1.807) is 12.4 Å². The second kappa shape index (κ2) is 7.00. The minimum atomic E-state index is -1.37. The molecule has 1 unspecified atom stereocenters. The smallest absolute Gasteiger partial charge is 0.325 e. The number of aromatic nitrogens is 2. The number of halogens is 2. The first kappa shape index (κ1) is 17.9. The SMILES string of the molecule is CC(C)(C)c1ncc(CNC(C(=O)O)c2cc(F)ccc2F)cn1. The zero-order valence-corrected chi connectivity index (χ0v) is 13.7. The van der Waals surface area contributed by atoms with E-state index in [2.05, 4.69) is 15.3 Å². The molecule has 1 aromatic heterocycles. The molecule has 24 heavy (non-hydrogen) atoms. The molecule has 7 heteroatoms. The molecule has 2 aromatic rings. The number of carbonyl (C=O) groups is 1. The molecule has 0 bridgehead atoms. The van der Waals surface area contributed by atoms with Crippen LogP contribution in [0.5, 0.6) is 0 Å². The third-order valence-corrected chi connectivity index (χ3v) is 3.40. The standard InChI is InChI=1S/C17H19F2N3O2/c1-17(2,3)16-21-8-10(9-22-16)7-20-14(15(23)24)12-6-11(18)4-5-13(12)19/h4-6,8-9,14,20H,7H2,1-3H3,(H,23,24). The topological polar surface area (TPSA) is 75.1 Å². The lowest BCUT2D eigenvalue weighted by Crippen LogP contribution is -2.29. The highest BCUT2D eigenvalue weighted by Gasteiger charge is 2.23. The maximum atomic E-state index is 13.8. The number of hydrogen-bond acceptors (Lipinski definition) is 4. The zero-order chi connectivity index (χ0) is 17.9.